The van der Waals surface area contributed by atoms with Gasteiger partial charge in [0.1, 0.15) is 0 Å². The highest BCUT2D eigenvalue weighted by Gasteiger charge is 2.30. The summed E-state index contributed by atoms with van der Waals surface area (Å²) in [6, 6.07) is 10.1. The summed E-state index contributed by atoms with van der Waals surface area (Å²) < 4.78 is 0. The second-order valence-electron chi connectivity index (χ2n) is 5.68. The summed E-state index contributed by atoms with van der Waals surface area (Å²) in [5.41, 5.74) is 1.83. The number of hydrogen-bond acceptors (Lipinski definition) is 4. The average Bonchev–Trinajstić information content (AvgIpc) is 2.48. The number of hydrogen-bond donors (Lipinski definition) is 1. The largest absolute Gasteiger partial charge is 0.387 e. The van der Waals surface area contributed by atoms with Crippen LogP contribution in [0.4, 0.5) is 0 Å². The van der Waals surface area contributed by atoms with Gasteiger partial charge in [0, 0.05) is 36.8 Å². The molecule has 2 atom stereocenters. The highest BCUT2D eigenvalue weighted by molar-refractivity contribution is 5.81. The molecule has 0 amide bonds. The molecule has 0 aliphatic carbocycles. The summed E-state index contributed by atoms with van der Waals surface area (Å²) in [4.78, 5) is 8.96. The third-order valence-corrected chi connectivity index (χ3v) is 4.25. The van der Waals surface area contributed by atoms with Crippen molar-refractivity contribution in [1.82, 2.24) is 14.8 Å². The van der Waals surface area contributed by atoms with Crippen molar-refractivity contribution < 1.29 is 5.11 Å². The molecule has 1 aromatic heterocycles. The van der Waals surface area contributed by atoms with Gasteiger partial charge in [-0.25, -0.2) is 0 Å². The van der Waals surface area contributed by atoms with Gasteiger partial charge in [-0.15, -0.1) is 0 Å². The lowest BCUT2D eigenvalue weighted by molar-refractivity contribution is 0.0144. The van der Waals surface area contributed by atoms with E-state index in [9.17, 15) is 5.11 Å². The molecule has 3 rings (SSSR count). The number of rotatable bonds is 2. The molecular formula is C16H21N3O. The van der Waals surface area contributed by atoms with Crippen LogP contribution in [0.15, 0.2) is 36.5 Å². The molecule has 1 saturated heterocycles. The predicted molar refractivity (Wildman–Crippen MR) is 80.6 cm³/mol. The van der Waals surface area contributed by atoms with Crippen molar-refractivity contribution >= 4 is 10.9 Å². The minimum absolute atomic E-state index is 0.112. The molecule has 20 heavy (non-hydrogen) atoms. The van der Waals surface area contributed by atoms with Crippen LogP contribution in [0.5, 0.6) is 0 Å². The van der Waals surface area contributed by atoms with Gasteiger partial charge in [-0.1, -0.05) is 24.3 Å². The fourth-order valence-electron chi connectivity index (χ4n) is 2.96. The smallest absolute Gasteiger partial charge is 0.0978 e. The van der Waals surface area contributed by atoms with Crippen molar-refractivity contribution in [3.8, 4) is 0 Å². The quantitative estimate of drug-likeness (QED) is 0.899. The lowest BCUT2D eigenvalue weighted by Crippen LogP contribution is -2.52. The third-order valence-electron chi connectivity index (χ3n) is 4.25. The minimum Gasteiger partial charge on any atom is -0.387 e. The van der Waals surface area contributed by atoms with Crippen LogP contribution in [0.25, 0.3) is 10.9 Å². The zero-order valence-corrected chi connectivity index (χ0v) is 12.0. The Balaban J connectivity index is 1.97. The summed E-state index contributed by atoms with van der Waals surface area (Å²) in [6.45, 7) is 2.91. The summed E-state index contributed by atoms with van der Waals surface area (Å²) in [5.74, 6) is 0. The van der Waals surface area contributed by atoms with Crippen LogP contribution in [-0.2, 0) is 0 Å². The average molecular weight is 271 g/mol. The van der Waals surface area contributed by atoms with Crippen LogP contribution in [-0.4, -0.2) is 59.7 Å². The fraction of sp³-hybridized carbons (Fsp3) is 0.438. The van der Waals surface area contributed by atoms with Gasteiger partial charge >= 0.3 is 0 Å². The summed E-state index contributed by atoms with van der Waals surface area (Å²) in [7, 11) is 4.19. The molecule has 1 aromatic carbocycles. The normalized spacial score (nSPS) is 23.1. The number of aromatic nitrogens is 1. The van der Waals surface area contributed by atoms with Crippen molar-refractivity contribution in [1.29, 1.82) is 0 Å². The Labute approximate surface area is 119 Å². The van der Waals surface area contributed by atoms with E-state index >= 15 is 0 Å². The Morgan fingerprint density at radius 3 is 2.85 bits per heavy atom. The number of fused-ring (bicyclic) bond motifs is 1. The molecule has 2 heterocycles. The van der Waals surface area contributed by atoms with Crippen molar-refractivity contribution in [3.63, 3.8) is 0 Å². The van der Waals surface area contributed by atoms with Crippen LogP contribution in [0.3, 0.4) is 0 Å². The topological polar surface area (TPSA) is 39.6 Å². The molecule has 0 saturated carbocycles. The van der Waals surface area contributed by atoms with E-state index in [1.54, 1.807) is 6.20 Å². The predicted octanol–water partition coefficient (Wildman–Crippen LogP) is 1.51. The van der Waals surface area contributed by atoms with Crippen molar-refractivity contribution in [2.45, 2.75) is 12.1 Å². The first kappa shape index (κ1) is 13.5. The Bertz CT molecular complexity index is 596. The second-order valence-corrected chi connectivity index (χ2v) is 5.68. The van der Waals surface area contributed by atoms with Crippen LogP contribution in [0.2, 0.25) is 0 Å². The molecule has 4 heteroatoms. The van der Waals surface area contributed by atoms with E-state index in [-0.39, 0.29) is 6.04 Å². The van der Waals surface area contributed by atoms with E-state index in [2.05, 4.69) is 28.9 Å². The summed E-state index contributed by atoms with van der Waals surface area (Å²) >= 11 is 0. The molecule has 2 unspecified atom stereocenters. The maximum absolute atomic E-state index is 10.8. The van der Waals surface area contributed by atoms with E-state index in [1.807, 2.05) is 30.3 Å². The maximum atomic E-state index is 10.8. The first-order valence-corrected chi connectivity index (χ1v) is 7.07. The number of pyridine rings is 1. The number of nitrogens with zero attached hydrogens (tertiary/aromatic N) is 3. The van der Waals surface area contributed by atoms with E-state index in [0.717, 1.165) is 36.1 Å². The summed E-state index contributed by atoms with van der Waals surface area (Å²) in [6.07, 6.45) is 1.27. The lowest BCUT2D eigenvalue weighted by Gasteiger charge is -2.40. The number of benzene rings is 1. The molecule has 0 bridgehead atoms. The fourth-order valence-corrected chi connectivity index (χ4v) is 2.96. The van der Waals surface area contributed by atoms with Gasteiger partial charge in [0.15, 0.2) is 0 Å². The zero-order chi connectivity index (χ0) is 14.1. The monoisotopic (exact) mass is 271 g/mol. The van der Waals surface area contributed by atoms with Gasteiger partial charge in [-0.3, -0.25) is 9.88 Å². The minimum atomic E-state index is -0.513. The molecule has 0 radical (unpaired) electrons. The Kier molecular flexibility index (Phi) is 3.70. The molecule has 1 fully saturated rings. The zero-order valence-electron chi connectivity index (χ0n) is 12.0. The molecule has 106 valence electrons. The third kappa shape index (κ3) is 2.42. The molecule has 0 spiro atoms. The second kappa shape index (κ2) is 5.48. The molecule has 2 aromatic rings. The number of aliphatic hydroxyl groups excluding tert-OH is 1. The van der Waals surface area contributed by atoms with Gasteiger partial charge in [-0.05, 0) is 20.2 Å². The van der Waals surface area contributed by atoms with Crippen molar-refractivity contribution in [2.24, 2.45) is 0 Å². The first-order valence-electron chi connectivity index (χ1n) is 7.07. The standard InChI is InChI=1S/C16H21N3O/c1-18-9-10-19(2)14(11-18)16(20)13-7-3-5-12-6-4-8-17-15(12)13/h3-8,14,16,20H,9-11H2,1-2H3. The SMILES string of the molecule is CN1CCN(C)C(C(O)c2cccc3cccnc23)C1. The number of likely N-dealkylation sites (N-methyl/N-ethyl adjacent to an activating group) is 2. The Hall–Kier alpha value is -1.49. The van der Waals surface area contributed by atoms with E-state index in [4.69, 9.17) is 0 Å². The number of para-hydroxylation sites is 1. The molecule has 1 aliphatic rings. The Morgan fingerprint density at radius 1 is 1.20 bits per heavy atom. The Morgan fingerprint density at radius 2 is 2.00 bits per heavy atom. The first-order chi connectivity index (χ1) is 9.66. The van der Waals surface area contributed by atoms with Crippen LogP contribution >= 0.6 is 0 Å². The van der Waals surface area contributed by atoms with Gasteiger partial charge < -0.3 is 10.0 Å². The van der Waals surface area contributed by atoms with Gasteiger partial charge in [0.2, 0.25) is 0 Å². The van der Waals surface area contributed by atoms with Crippen LogP contribution in [0, 0.1) is 0 Å². The lowest BCUT2D eigenvalue weighted by atomic mass is 9.97. The highest BCUT2D eigenvalue weighted by atomic mass is 16.3. The highest BCUT2D eigenvalue weighted by Crippen LogP contribution is 2.28. The molecule has 4 nitrogen and oxygen atoms in total. The van der Waals surface area contributed by atoms with Gasteiger partial charge in [0.05, 0.1) is 17.7 Å². The van der Waals surface area contributed by atoms with Crippen molar-refractivity contribution in [3.05, 3.63) is 42.1 Å². The van der Waals surface area contributed by atoms with Crippen LogP contribution in [0.1, 0.15) is 11.7 Å². The van der Waals surface area contributed by atoms with E-state index in [0.29, 0.717) is 0 Å². The van der Waals surface area contributed by atoms with Crippen LogP contribution < -0.4 is 0 Å². The number of piperazine rings is 1. The number of aliphatic hydroxyl groups is 1. The summed E-state index contributed by atoms with van der Waals surface area (Å²) in [5, 5.41) is 11.9. The van der Waals surface area contributed by atoms with E-state index < -0.39 is 6.10 Å². The van der Waals surface area contributed by atoms with Gasteiger partial charge in [-0.2, -0.15) is 0 Å². The molecular weight excluding hydrogens is 250 g/mol. The molecule has 1 N–H and O–H groups in total. The van der Waals surface area contributed by atoms with E-state index in [1.165, 1.54) is 0 Å². The van der Waals surface area contributed by atoms with Crippen molar-refractivity contribution in [2.75, 3.05) is 33.7 Å². The maximum Gasteiger partial charge on any atom is 0.0978 e. The molecule has 1 aliphatic heterocycles. The van der Waals surface area contributed by atoms with Gasteiger partial charge in [0.25, 0.3) is 0 Å².